The smallest absolute Gasteiger partial charge is 1.00 e. The van der Waals surface area contributed by atoms with E-state index in [4.69, 9.17) is 25.7 Å². The van der Waals surface area contributed by atoms with Crippen LogP contribution in [0.1, 0.15) is 279 Å². The van der Waals surface area contributed by atoms with Gasteiger partial charge in [-0.3, -0.25) is 4.79 Å². The molecule has 0 spiro atoms. The van der Waals surface area contributed by atoms with Crippen LogP contribution in [-0.2, 0) is 23.6 Å². The molecule has 0 aliphatic rings. The summed E-state index contributed by atoms with van der Waals surface area (Å²) in [4.78, 5) is 20.5. The Labute approximate surface area is 475 Å². The van der Waals surface area contributed by atoms with E-state index in [9.17, 15) is 9.59 Å². The van der Waals surface area contributed by atoms with E-state index in [0.717, 1.165) is 44.3 Å². The van der Waals surface area contributed by atoms with E-state index in [0.29, 0.717) is 13.2 Å². The van der Waals surface area contributed by atoms with Gasteiger partial charge in [0, 0.05) is 47.2 Å². The maximum Gasteiger partial charge on any atom is 2.00 e. The van der Waals surface area contributed by atoms with Crippen LogP contribution >= 0.6 is 33.0 Å². The summed E-state index contributed by atoms with van der Waals surface area (Å²) in [6.07, 6.45) is 68.9. The molecule has 0 saturated heterocycles. The third kappa shape index (κ3) is 127. The Morgan fingerprint density at radius 2 is 0.729 bits per heavy atom. The number of rotatable bonds is 42. The molecular weight excluding hydrogens is 987 g/mol. The molecule has 0 aromatic heterocycles. The minimum absolute atomic E-state index is 0. The Morgan fingerprint density at radius 3 is 1.00 bits per heavy atom. The van der Waals surface area contributed by atoms with E-state index in [2.05, 4.69) is 124 Å². The second-order valence-corrected chi connectivity index (χ2v) is 20.0. The van der Waals surface area contributed by atoms with Gasteiger partial charge in [0.25, 0.3) is 0 Å². The third-order valence-corrected chi connectivity index (χ3v) is 10.3. The average Bonchev–Trinajstić information content (AvgIpc) is 3.32. The molecule has 0 unspecified atom stereocenters. The van der Waals surface area contributed by atoms with Crippen LogP contribution in [0, 0.1) is 6.92 Å². The van der Waals surface area contributed by atoms with Crippen molar-refractivity contribution in [3.63, 3.8) is 0 Å². The van der Waals surface area contributed by atoms with Crippen molar-refractivity contribution in [1.29, 1.82) is 0 Å². The number of halogens is 4. The fourth-order valence-electron chi connectivity index (χ4n) is 6.02. The summed E-state index contributed by atoms with van der Waals surface area (Å²) < 4.78 is 14.0. The summed E-state index contributed by atoms with van der Waals surface area (Å²) in [5, 5.41) is 8.52. The van der Waals surface area contributed by atoms with E-state index in [-0.39, 0.29) is 41.4 Å². The second-order valence-electron chi connectivity index (χ2n) is 17.1. The average molecular weight is 1100 g/mol. The topological polar surface area (TPSA) is 80.7 Å². The molecule has 0 aromatic carbocycles. The van der Waals surface area contributed by atoms with Gasteiger partial charge in [-0.1, -0.05) is 198 Å². The van der Waals surface area contributed by atoms with Gasteiger partial charge in [0.15, 0.2) is 0 Å². The maximum atomic E-state index is 10.5. The van der Waals surface area contributed by atoms with E-state index in [1.165, 1.54) is 212 Å². The summed E-state index contributed by atoms with van der Waals surface area (Å²) in [5.41, 5.74) is 0. The van der Waals surface area contributed by atoms with Gasteiger partial charge in [0.1, 0.15) is 6.29 Å². The van der Waals surface area contributed by atoms with E-state index < -0.39 is 9.23 Å². The molecule has 414 valence electrons. The number of carbonyl (C=O) groups is 2. The van der Waals surface area contributed by atoms with E-state index in [1.54, 1.807) is 0 Å². The standard InChI is InChI=1S/C14H26O2.C12H22O.C11H21Cl.C11H22O.C11H21.Cl2OS.ClH.Mg/c1-3-4-5-6-7-8-9-10-11-12-13-16-14(2)15;1-2-3-4-5-6-7-8-9-10-11-12-13;2*1-2-3-4-5-6-7-8-9-10-11-12;1-3-5-7-9-11-10-8-6-4-2;1-4(2)3;;/h5-6H,3-4,7-13H2,1-2H3;4-5,12H,2-3,6-11H2,1H3;4-5H,2-3,6-11H2,1H3;4-5,12H,2-3,6-11H2,1H3;8,10H,1,3-7,9,11H2,2H3;;1H;/q;;;;-1;;;+2/p-1/b6-5-;3*5-4-;10-8-;;;. The first-order valence-electron chi connectivity index (χ1n) is 27.7. The quantitative estimate of drug-likeness (QED) is 0.00963. The molecule has 0 atom stereocenters. The number of unbranched alkanes of at least 4 members (excludes halogenated alkanes) is 27. The van der Waals surface area contributed by atoms with Crippen molar-refractivity contribution >= 4 is 77.5 Å². The first-order valence-corrected chi connectivity index (χ1v) is 31.0. The summed E-state index contributed by atoms with van der Waals surface area (Å²) in [6.45, 7) is 17.2. The van der Waals surface area contributed by atoms with Gasteiger partial charge in [-0.15, -0.1) is 11.6 Å². The third-order valence-electron chi connectivity index (χ3n) is 10.0. The fourth-order valence-corrected chi connectivity index (χ4v) is 6.21. The zero-order chi connectivity index (χ0) is 51.9. The number of esters is 1. The molecule has 0 fully saturated rings. The van der Waals surface area contributed by atoms with Crippen LogP contribution in [0.2, 0.25) is 0 Å². The van der Waals surface area contributed by atoms with Crippen LogP contribution in [0.4, 0.5) is 0 Å². The number of hydrogen-bond acceptors (Lipinski definition) is 5. The number of alkyl halides is 1. The number of aliphatic hydroxyl groups excluding tert-OH is 1. The Bertz CT molecular complexity index is 1030. The SMILES string of the molecule is CCC/C=C\CCCCCCC=O.CCC/C=C\CCCCCCCOC(C)=O.CCC/C=C\CCCCCCCl.CCC/C=C\CCCCCCO.O=S(Cl)Cl.[CH2-]CCCCC/C=C\CCC.[Cl-].[Mg+2]. The monoisotopic (exact) mass is 1100 g/mol. The summed E-state index contributed by atoms with van der Waals surface area (Å²) >= 11 is 5.57. The largest absolute Gasteiger partial charge is 2.00 e. The van der Waals surface area contributed by atoms with Gasteiger partial charge in [-0.25, -0.2) is 4.21 Å². The number of ether oxygens (including phenoxy) is 1. The van der Waals surface area contributed by atoms with Gasteiger partial charge in [0.05, 0.1) is 6.61 Å². The zero-order valence-electron chi connectivity index (χ0n) is 46.5. The number of aliphatic hydroxyl groups is 1. The van der Waals surface area contributed by atoms with Crippen LogP contribution in [0.15, 0.2) is 60.8 Å². The first-order chi connectivity index (χ1) is 33.2. The van der Waals surface area contributed by atoms with Crippen molar-refractivity contribution in [2.45, 2.75) is 279 Å². The summed E-state index contributed by atoms with van der Waals surface area (Å²) in [5.74, 6) is 0.659. The number of hydrogen-bond donors (Lipinski definition) is 1. The van der Waals surface area contributed by atoms with Crippen molar-refractivity contribution in [3.8, 4) is 0 Å². The molecule has 0 heterocycles. The molecule has 0 aliphatic heterocycles. The Morgan fingerprint density at radius 1 is 0.471 bits per heavy atom. The molecular formula is C59H112Cl4MgO5S. The predicted molar refractivity (Wildman–Crippen MR) is 316 cm³/mol. The van der Waals surface area contributed by atoms with E-state index >= 15 is 0 Å². The molecule has 0 saturated carbocycles. The number of carbonyl (C=O) groups excluding carboxylic acids is 2. The van der Waals surface area contributed by atoms with Crippen LogP contribution in [0.3, 0.4) is 0 Å². The number of allylic oxidation sites excluding steroid dienone is 10. The van der Waals surface area contributed by atoms with Crippen LogP contribution in [0.5, 0.6) is 0 Å². The van der Waals surface area contributed by atoms with E-state index in [1.807, 2.05) is 0 Å². The minimum Gasteiger partial charge on any atom is -1.00 e. The molecule has 11 heteroatoms. The van der Waals surface area contributed by atoms with Crippen molar-refractivity contribution in [1.82, 2.24) is 0 Å². The van der Waals surface area contributed by atoms with Crippen molar-refractivity contribution in [2.24, 2.45) is 0 Å². The molecule has 5 nitrogen and oxygen atoms in total. The summed E-state index contributed by atoms with van der Waals surface area (Å²) in [7, 11) is 7.36. The van der Waals surface area contributed by atoms with Crippen molar-refractivity contribution in [2.75, 3.05) is 19.1 Å². The molecule has 0 aliphatic carbocycles. The Hall–Kier alpha value is -0.124. The zero-order valence-corrected chi connectivity index (χ0v) is 51.8. The maximum absolute atomic E-state index is 10.5. The van der Waals surface area contributed by atoms with Gasteiger partial charge >= 0.3 is 29.0 Å². The van der Waals surface area contributed by atoms with Crippen molar-refractivity contribution in [3.05, 3.63) is 67.7 Å². The Kier molecular flexibility index (Phi) is 117. The predicted octanol–water partition coefficient (Wildman–Crippen LogP) is 17.7. The van der Waals surface area contributed by atoms with Crippen LogP contribution in [-0.4, -0.2) is 63.7 Å². The minimum atomic E-state index is -1.67. The molecule has 0 bridgehead atoms. The second kappa shape index (κ2) is 94.7. The van der Waals surface area contributed by atoms with Gasteiger partial charge < -0.3 is 34.0 Å². The molecule has 1 N–H and O–H groups in total. The normalized spacial score (nSPS) is 10.6. The van der Waals surface area contributed by atoms with Crippen LogP contribution < -0.4 is 12.4 Å². The molecule has 0 rings (SSSR count). The molecule has 70 heavy (non-hydrogen) atoms. The molecule has 0 radical (unpaired) electrons. The summed E-state index contributed by atoms with van der Waals surface area (Å²) in [6, 6.07) is 0. The van der Waals surface area contributed by atoms with Gasteiger partial charge in [-0.05, 0) is 122 Å². The Balaban J connectivity index is -0.000000112. The van der Waals surface area contributed by atoms with Gasteiger partial charge in [-0.2, -0.15) is 6.42 Å². The van der Waals surface area contributed by atoms with Crippen LogP contribution in [0.25, 0.3) is 0 Å². The molecule has 0 aromatic rings. The molecule has 0 amide bonds. The van der Waals surface area contributed by atoms with Gasteiger partial charge in [0.2, 0.25) is 9.23 Å². The van der Waals surface area contributed by atoms with Crippen molar-refractivity contribution < 1.29 is 36.0 Å². The first kappa shape index (κ1) is 86.6. The fraction of sp³-hybridized carbons (Fsp3) is 0.780. The number of aldehydes is 1.